The fourth-order valence-electron chi connectivity index (χ4n) is 1.72. The average molecular weight is 257 g/mol. The van der Waals surface area contributed by atoms with E-state index in [0.717, 1.165) is 18.8 Å². The van der Waals surface area contributed by atoms with Gasteiger partial charge in [0, 0.05) is 0 Å². The molecule has 0 spiro atoms. The molecule has 0 bridgehead atoms. The van der Waals surface area contributed by atoms with Crippen molar-refractivity contribution in [2.75, 3.05) is 0 Å². The highest BCUT2D eigenvalue weighted by atomic mass is 16.6. The molecule has 5 nitrogen and oxygen atoms in total. The monoisotopic (exact) mass is 257 g/mol. The lowest BCUT2D eigenvalue weighted by Gasteiger charge is -2.22. The zero-order valence-electron chi connectivity index (χ0n) is 11.4. The maximum absolute atomic E-state index is 11.5. The van der Waals surface area contributed by atoms with E-state index in [9.17, 15) is 9.59 Å². The summed E-state index contributed by atoms with van der Waals surface area (Å²) in [6.45, 7) is 5.24. The zero-order valence-corrected chi connectivity index (χ0v) is 11.4. The molecule has 2 N–H and O–H groups in total. The Morgan fingerprint density at radius 1 is 1.39 bits per heavy atom. The number of hydrogen-bond acceptors (Lipinski definition) is 3. The van der Waals surface area contributed by atoms with E-state index in [4.69, 9.17) is 9.84 Å². The number of rotatable bonds is 6. The summed E-state index contributed by atoms with van der Waals surface area (Å²) in [5.41, 5.74) is -0.610. The number of alkyl carbamates (subject to hydrolysis) is 1. The van der Waals surface area contributed by atoms with Gasteiger partial charge in [-0.3, -0.25) is 0 Å². The van der Waals surface area contributed by atoms with Crippen molar-refractivity contribution in [2.24, 2.45) is 5.92 Å². The molecule has 0 radical (unpaired) electrons. The topological polar surface area (TPSA) is 75.6 Å². The normalized spacial score (nSPS) is 17.1. The minimum atomic E-state index is -1.00. The molecule has 0 aromatic rings. The first-order valence-electron chi connectivity index (χ1n) is 6.50. The van der Waals surface area contributed by atoms with Crippen molar-refractivity contribution in [2.45, 2.75) is 64.5 Å². The fourth-order valence-corrected chi connectivity index (χ4v) is 1.72. The van der Waals surface area contributed by atoms with Crippen LogP contribution in [-0.2, 0) is 9.53 Å². The number of carboxylic acids is 1. The van der Waals surface area contributed by atoms with Crippen molar-refractivity contribution < 1.29 is 19.4 Å². The second-order valence-corrected chi connectivity index (χ2v) is 5.91. The Bertz CT molecular complexity index is 305. The number of ether oxygens (including phenoxy) is 1. The van der Waals surface area contributed by atoms with E-state index in [1.54, 1.807) is 20.8 Å². The van der Waals surface area contributed by atoms with Crippen molar-refractivity contribution in [3.05, 3.63) is 0 Å². The molecule has 1 aliphatic carbocycles. The van der Waals surface area contributed by atoms with E-state index in [-0.39, 0.29) is 0 Å². The number of nitrogens with one attached hydrogen (secondary N) is 1. The molecular weight excluding hydrogens is 234 g/mol. The van der Waals surface area contributed by atoms with Gasteiger partial charge >= 0.3 is 12.1 Å². The standard InChI is InChI=1S/C13H23NO4/c1-13(2,3)18-12(17)14-10(11(15)16)6-4-5-9-7-8-9/h9-10H,4-8H2,1-3H3,(H,14,17)(H,15,16). The summed E-state index contributed by atoms with van der Waals surface area (Å²) in [6, 6.07) is -0.849. The minimum absolute atomic E-state index is 0.463. The van der Waals surface area contributed by atoms with E-state index in [0.29, 0.717) is 6.42 Å². The molecule has 0 aliphatic heterocycles. The zero-order chi connectivity index (χ0) is 13.8. The molecule has 5 heteroatoms. The molecule has 0 saturated heterocycles. The Morgan fingerprint density at radius 3 is 2.44 bits per heavy atom. The van der Waals surface area contributed by atoms with Crippen molar-refractivity contribution in [1.29, 1.82) is 0 Å². The van der Waals surface area contributed by atoms with Crippen LogP contribution in [0.15, 0.2) is 0 Å². The van der Waals surface area contributed by atoms with Crippen LogP contribution in [0.1, 0.15) is 52.9 Å². The average Bonchev–Trinajstić information content (AvgIpc) is 2.96. The number of aliphatic carboxylic acids is 1. The van der Waals surface area contributed by atoms with Gasteiger partial charge in [0.05, 0.1) is 0 Å². The first kappa shape index (κ1) is 14.8. The van der Waals surface area contributed by atoms with Crippen LogP contribution in [0.5, 0.6) is 0 Å². The SMILES string of the molecule is CC(C)(C)OC(=O)NC(CCCC1CC1)C(=O)O. The molecule has 1 saturated carbocycles. The predicted octanol–water partition coefficient (Wildman–Crippen LogP) is 2.54. The molecule has 1 atom stereocenters. The van der Waals surface area contributed by atoms with Crippen LogP contribution < -0.4 is 5.32 Å². The number of carboxylic acid groups (broad SMARTS) is 1. The summed E-state index contributed by atoms with van der Waals surface area (Å²) in [5, 5.41) is 11.4. The fraction of sp³-hybridized carbons (Fsp3) is 0.846. The van der Waals surface area contributed by atoms with Gasteiger partial charge < -0.3 is 15.2 Å². The number of amides is 1. The third-order valence-corrected chi connectivity index (χ3v) is 2.79. The quantitative estimate of drug-likeness (QED) is 0.766. The maximum Gasteiger partial charge on any atom is 0.408 e. The third-order valence-electron chi connectivity index (χ3n) is 2.79. The van der Waals surface area contributed by atoms with Crippen molar-refractivity contribution in [1.82, 2.24) is 5.32 Å². The lowest BCUT2D eigenvalue weighted by molar-refractivity contribution is -0.139. The molecule has 0 heterocycles. The van der Waals surface area contributed by atoms with Gasteiger partial charge in [-0.2, -0.15) is 0 Å². The molecule has 1 rings (SSSR count). The first-order valence-corrected chi connectivity index (χ1v) is 6.50. The highest BCUT2D eigenvalue weighted by Crippen LogP contribution is 2.34. The summed E-state index contributed by atoms with van der Waals surface area (Å²) >= 11 is 0. The Morgan fingerprint density at radius 2 is 2.00 bits per heavy atom. The van der Waals surface area contributed by atoms with E-state index < -0.39 is 23.7 Å². The second-order valence-electron chi connectivity index (χ2n) is 5.91. The lowest BCUT2D eigenvalue weighted by Crippen LogP contribution is -2.43. The van der Waals surface area contributed by atoms with Gasteiger partial charge in [-0.15, -0.1) is 0 Å². The molecular formula is C13H23NO4. The van der Waals surface area contributed by atoms with E-state index in [2.05, 4.69) is 5.32 Å². The third kappa shape index (κ3) is 6.47. The second kappa shape index (κ2) is 6.07. The molecule has 1 aliphatic rings. The summed E-state index contributed by atoms with van der Waals surface area (Å²) in [4.78, 5) is 22.5. The van der Waals surface area contributed by atoms with E-state index >= 15 is 0 Å². The van der Waals surface area contributed by atoms with Crippen molar-refractivity contribution >= 4 is 12.1 Å². The maximum atomic E-state index is 11.5. The molecule has 1 unspecified atom stereocenters. The van der Waals surface area contributed by atoms with Crippen LogP contribution in [0.3, 0.4) is 0 Å². The van der Waals surface area contributed by atoms with Gasteiger partial charge in [0.25, 0.3) is 0 Å². The van der Waals surface area contributed by atoms with Gasteiger partial charge in [-0.1, -0.05) is 25.7 Å². The van der Waals surface area contributed by atoms with Crippen LogP contribution in [0.25, 0.3) is 0 Å². The van der Waals surface area contributed by atoms with Gasteiger partial charge in [0.1, 0.15) is 11.6 Å². The van der Waals surface area contributed by atoms with Gasteiger partial charge in [-0.05, 0) is 33.1 Å². The molecule has 0 aromatic heterocycles. The smallest absolute Gasteiger partial charge is 0.408 e. The molecule has 1 amide bonds. The predicted molar refractivity (Wildman–Crippen MR) is 67.4 cm³/mol. The van der Waals surface area contributed by atoms with Gasteiger partial charge in [-0.25, -0.2) is 9.59 Å². The van der Waals surface area contributed by atoms with Gasteiger partial charge in [0.2, 0.25) is 0 Å². The van der Waals surface area contributed by atoms with Crippen LogP contribution in [0.2, 0.25) is 0 Å². The summed E-state index contributed by atoms with van der Waals surface area (Å²) in [6.07, 6.45) is 4.21. The molecule has 104 valence electrons. The Labute approximate surface area is 108 Å². The van der Waals surface area contributed by atoms with E-state index in [1.807, 2.05) is 0 Å². The minimum Gasteiger partial charge on any atom is -0.480 e. The highest BCUT2D eigenvalue weighted by Gasteiger charge is 2.25. The van der Waals surface area contributed by atoms with Crippen LogP contribution in [0, 0.1) is 5.92 Å². The highest BCUT2D eigenvalue weighted by molar-refractivity contribution is 5.79. The molecule has 1 fully saturated rings. The van der Waals surface area contributed by atoms with Crippen molar-refractivity contribution in [3.63, 3.8) is 0 Å². The number of hydrogen-bond donors (Lipinski definition) is 2. The molecule has 18 heavy (non-hydrogen) atoms. The van der Waals surface area contributed by atoms with Crippen molar-refractivity contribution in [3.8, 4) is 0 Å². The Hall–Kier alpha value is -1.26. The summed E-state index contributed by atoms with van der Waals surface area (Å²) < 4.78 is 5.04. The lowest BCUT2D eigenvalue weighted by atomic mass is 10.1. The largest absolute Gasteiger partial charge is 0.480 e. The van der Waals surface area contributed by atoms with Crippen LogP contribution in [-0.4, -0.2) is 28.8 Å². The van der Waals surface area contributed by atoms with Crippen LogP contribution in [0.4, 0.5) is 4.79 Å². The van der Waals surface area contributed by atoms with E-state index in [1.165, 1.54) is 12.8 Å². The number of carbonyl (C=O) groups is 2. The summed E-state index contributed by atoms with van der Waals surface area (Å²) in [7, 11) is 0. The molecule has 0 aromatic carbocycles. The Balaban J connectivity index is 2.31. The Kier molecular flexibility index (Phi) is 4.99. The van der Waals surface area contributed by atoms with Gasteiger partial charge in [0.15, 0.2) is 0 Å². The number of carbonyl (C=O) groups excluding carboxylic acids is 1. The first-order chi connectivity index (χ1) is 8.28. The van der Waals surface area contributed by atoms with Crippen LogP contribution >= 0.6 is 0 Å². The summed E-state index contributed by atoms with van der Waals surface area (Å²) in [5.74, 6) is -0.224.